The van der Waals surface area contributed by atoms with Gasteiger partial charge in [0.15, 0.2) is 5.78 Å². The maximum Gasteiger partial charge on any atom is 0.220 e. The number of nitrogens with one attached hydrogen (secondary N) is 1. The molecule has 0 aliphatic carbocycles. The summed E-state index contributed by atoms with van der Waals surface area (Å²) in [5, 5.41) is 2.77. The standard InChI is InChI=1S/C15H15ClN2O3S/c1-21-15-8-10(6-7-17-15)9-18-14(20)5-2-11(19)12-3-4-13(16)22-12/h3-4,6-8H,2,5,9H2,1H3,(H,18,20). The zero-order chi connectivity index (χ0) is 15.9. The Morgan fingerprint density at radius 3 is 2.82 bits per heavy atom. The van der Waals surface area contributed by atoms with Crippen molar-refractivity contribution in [1.82, 2.24) is 10.3 Å². The molecule has 0 spiro atoms. The molecule has 0 saturated heterocycles. The van der Waals surface area contributed by atoms with Crippen molar-refractivity contribution in [1.29, 1.82) is 0 Å². The van der Waals surface area contributed by atoms with Crippen LogP contribution in [0.3, 0.4) is 0 Å². The third-order valence-corrected chi connectivity index (χ3v) is 4.20. The molecule has 5 nitrogen and oxygen atoms in total. The average Bonchev–Trinajstić information content (AvgIpc) is 2.97. The Balaban J connectivity index is 1.77. The van der Waals surface area contributed by atoms with E-state index in [0.29, 0.717) is 21.6 Å². The monoisotopic (exact) mass is 338 g/mol. The van der Waals surface area contributed by atoms with Crippen molar-refractivity contribution in [2.45, 2.75) is 19.4 Å². The predicted molar refractivity (Wildman–Crippen MR) is 85.5 cm³/mol. The van der Waals surface area contributed by atoms with E-state index in [1.165, 1.54) is 18.4 Å². The van der Waals surface area contributed by atoms with Crippen LogP contribution in [0.5, 0.6) is 5.88 Å². The molecule has 2 aromatic rings. The fourth-order valence-electron chi connectivity index (χ4n) is 1.78. The first-order valence-corrected chi connectivity index (χ1v) is 7.82. The Morgan fingerprint density at radius 1 is 1.32 bits per heavy atom. The van der Waals surface area contributed by atoms with Gasteiger partial charge in [0.05, 0.1) is 16.3 Å². The smallest absolute Gasteiger partial charge is 0.220 e. The third kappa shape index (κ3) is 4.82. The van der Waals surface area contributed by atoms with Crippen molar-refractivity contribution < 1.29 is 14.3 Å². The molecule has 116 valence electrons. The topological polar surface area (TPSA) is 68.3 Å². The summed E-state index contributed by atoms with van der Waals surface area (Å²) in [6, 6.07) is 6.90. The summed E-state index contributed by atoms with van der Waals surface area (Å²) in [6.07, 6.45) is 1.93. The highest BCUT2D eigenvalue weighted by atomic mass is 35.5. The van der Waals surface area contributed by atoms with E-state index in [1.54, 1.807) is 30.5 Å². The number of thiophene rings is 1. The van der Waals surface area contributed by atoms with Gasteiger partial charge in [0, 0.05) is 31.6 Å². The van der Waals surface area contributed by atoms with Gasteiger partial charge >= 0.3 is 0 Å². The molecule has 2 rings (SSSR count). The van der Waals surface area contributed by atoms with Gasteiger partial charge in [-0.15, -0.1) is 11.3 Å². The summed E-state index contributed by atoms with van der Waals surface area (Å²) in [5.41, 5.74) is 0.886. The van der Waals surface area contributed by atoms with Gasteiger partial charge in [-0.25, -0.2) is 4.98 Å². The van der Waals surface area contributed by atoms with Gasteiger partial charge in [-0.3, -0.25) is 9.59 Å². The Labute approximate surface area is 137 Å². The van der Waals surface area contributed by atoms with Gasteiger partial charge in [0.25, 0.3) is 0 Å². The summed E-state index contributed by atoms with van der Waals surface area (Å²) >= 11 is 7.01. The number of halogens is 1. The van der Waals surface area contributed by atoms with E-state index in [0.717, 1.165) is 5.56 Å². The van der Waals surface area contributed by atoms with Crippen molar-refractivity contribution >= 4 is 34.6 Å². The fraction of sp³-hybridized carbons (Fsp3) is 0.267. The van der Waals surface area contributed by atoms with E-state index < -0.39 is 0 Å². The summed E-state index contributed by atoms with van der Waals surface area (Å²) < 4.78 is 5.58. The normalized spacial score (nSPS) is 10.3. The Kier molecular flexibility index (Phi) is 5.91. The van der Waals surface area contributed by atoms with Crippen molar-refractivity contribution in [3.63, 3.8) is 0 Å². The molecule has 0 aromatic carbocycles. The molecular formula is C15H15ClN2O3S. The number of pyridine rings is 1. The number of nitrogens with zero attached hydrogens (tertiary/aromatic N) is 1. The molecule has 7 heteroatoms. The second-order valence-corrected chi connectivity index (χ2v) is 6.23. The van der Waals surface area contributed by atoms with Crippen LogP contribution in [-0.4, -0.2) is 23.8 Å². The molecule has 0 bridgehead atoms. The number of ketones is 1. The van der Waals surface area contributed by atoms with Gasteiger partial charge in [0.2, 0.25) is 11.8 Å². The van der Waals surface area contributed by atoms with Crippen LogP contribution < -0.4 is 10.1 Å². The Hall–Kier alpha value is -1.92. The molecule has 2 aromatic heterocycles. The highest BCUT2D eigenvalue weighted by molar-refractivity contribution is 7.18. The van der Waals surface area contributed by atoms with E-state index in [1.807, 2.05) is 0 Å². The third-order valence-electron chi connectivity index (χ3n) is 2.93. The predicted octanol–water partition coefficient (Wildman–Crippen LogP) is 3.08. The highest BCUT2D eigenvalue weighted by Gasteiger charge is 2.11. The van der Waals surface area contributed by atoms with Gasteiger partial charge in [-0.2, -0.15) is 0 Å². The van der Waals surface area contributed by atoms with E-state index in [9.17, 15) is 9.59 Å². The first-order valence-electron chi connectivity index (χ1n) is 6.62. The molecule has 1 amide bonds. The number of methoxy groups -OCH3 is 1. The quantitative estimate of drug-likeness (QED) is 0.788. The van der Waals surface area contributed by atoms with Crippen LogP contribution in [-0.2, 0) is 11.3 Å². The first kappa shape index (κ1) is 16.5. The average molecular weight is 339 g/mol. The van der Waals surface area contributed by atoms with Crippen LogP contribution in [0.25, 0.3) is 0 Å². The van der Waals surface area contributed by atoms with Crippen LogP contribution in [0.2, 0.25) is 4.34 Å². The summed E-state index contributed by atoms with van der Waals surface area (Å²) in [7, 11) is 1.53. The largest absolute Gasteiger partial charge is 0.481 e. The van der Waals surface area contributed by atoms with E-state index in [-0.39, 0.29) is 24.5 Å². The lowest BCUT2D eigenvalue weighted by molar-refractivity contribution is -0.121. The van der Waals surface area contributed by atoms with Crippen molar-refractivity contribution in [3.05, 3.63) is 45.2 Å². The van der Waals surface area contributed by atoms with Crippen LogP contribution in [0.1, 0.15) is 28.1 Å². The van der Waals surface area contributed by atoms with Gasteiger partial charge in [-0.05, 0) is 23.8 Å². The Bertz CT molecular complexity index is 672. The first-order chi connectivity index (χ1) is 10.6. The number of rotatable bonds is 7. The van der Waals surface area contributed by atoms with E-state index in [2.05, 4.69) is 10.3 Å². The number of aromatic nitrogens is 1. The number of hydrogen-bond donors (Lipinski definition) is 1. The number of ether oxygens (including phenoxy) is 1. The molecule has 0 atom stereocenters. The Morgan fingerprint density at radius 2 is 2.14 bits per heavy atom. The molecule has 2 heterocycles. The lowest BCUT2D eigenvalue weighted by Gasteiger charge is -2.06. The summed E-state index contributed by atoms with van der Waals surface area (Å²) in [6.45, 7) is 0.372. The zero-order valence-electron chi connectivity index (χ0n) is 12.0. The minimum absolute atomic E-state index is 0.0716. The molecular weight excluding hydrogens is 324 g/mol. The number of carbonyl (C=O) groups is 2. The molecule has 0 aliphatic rings. The molecule has 22 heavy (non-hydrogen) atoms. The van der Waals surface area contributed by atoms with Crippen LogP contribution >= 0.6 is 22.9 Å². The molecule has 0 radical (unpaired) electrons. The van der Waals surface area contributed by atoms with Crippen LogP contribution in [0, 0.1) is 0 Å². The minimum atomic E-state index is -0.174. The second-order valence-electron chi connectivity index (χ2n) is 4.51. The molecule has 0 saturated carbocycles. The van der Waals surface area contributed by atoms with Gasteiger partial charge in [0.1, 0.15) is 0 Å². The minimum Gasteiger partial charge on any atom is -0.481 e. The van der Waals surface area contributed by atoms with Crippen molar-refractivity contribution in [3.8, 4) is 5.88 Å². The van der Waals surface area contributed by atoms with Crippen molar-refractivity contribution in [2.75, 3.05) is 7.11 Å². The molecule has 1 N–H and O–H groups in total. The lowest BCUT2D eigenvalue weighted by atomic mass is 10.2. The van der Waals surface area contributed by atoms with E-state index >= 15 is 0 Å². The zero-order valence-corrected chi connectivity index (χ0v) is 13.5. The molecule has 0 fully saturated rings. The lowest BCUT2D eigenvalue weighted by Crippen LogP contribution is -2.23. The fourth-order valence-corrected chi connectivity index (χ4v) is 2.79. The number of Topliss-reactive ketones (excluding diaryl/α,β-unsaturated/α-hetero) is 1. The maximum atomic E-state index is 11.9. The molecule has 0 unspecified atom stereocenters. The van der Waals surface area contributed by atoms with Crippen LogP contribution in [0.15, 0.2) is 30.5 Å². The summed E-state index contributed by atoms with van der Waals surface area (Å²) in [4.78, 5) is 28.2. The highest BCUT2D eigenvalue weighted by Crippen LogP contribution is 2.22. The summed E-state index contributed by atoms with van der Waals surface area (Å²) in [5.74, 6) is 0.251. The second kappa shape index (κ2) is 7.91. The van der Waals surface area contributed by atoms with Gasteiger partial charge in [-0.1, -0.05) is 11.6 Å². The van der Waals surface area contributed by atoms with Gasteiger partial charge < -0.3 is 10.1 Å². The number of amides is 1. The molecule has 0 aliphatic heterocycles. The van der Waals surface area contributed by atoms with Crippen LogP contribution in [0.4, 0.5) is 0 Å². The van der Waals surface area contributed by atoms with E-state index in [4.69, 9.17) is 16.3 Å². The maximum absolute atomic E-state index is 11.9. The number of hydrogen-bond acceptors (Lipinski definition) is 5. The SMILES string of the molecule is COc1cc(CNC(=O)CCC(=O)c2ccc(Cl)s2)ccn1. The number of carbonyl (C=O) groups excluding carboxylic acids is 2. The van der Waals surface area contributed by atoms with Crippen molar-refractivity contribution in [2.24, 2.45) is 0 Å².